The van der Waals surface area contributed by atoms with Crippen LogP contribution in [0.1, 0.15) is 49.5 Å². The number of nitrogens with one attached hydrogen (secondary N) is 1. The summed E-state index contributed by atoms with van der Waals surface area (Å²) < 4.78 is 5.40. The van der Waals surface area contributed by atoms with Crippen molar-refractivity contribution in [2.75, 3.05) is 24.5 Å². The van der Waals surface area contributed by atoms with Gasteiger partial charge < -0.3 is 19.9 Å². The average Bonchev–Trinajstić information content (AvgIpc) is 3.13. The Bertz CT molecular complexity index is 828. The van der Waals surface area contributed by atoms with Crippen molar-refractivity contribution in [1.82, 2.24) is 10.2 Å². The molecule has 0 radical (unpaired) electrons. The van der Waals surface area contributed by atoms with Gasteiger partial charge in [-0.3, -0.25) is 9.59 Å². The molecule has 0 aliphatic carbocycles. The number of carbonyl (C=O) groups excluding carboxylic acids is 3. The maximum absolute atomic E-state index is 12.7. The second-order valence-corrected chi connectivity index (χ2v) is 8.53. The highest BCUT2D eigenvalue weighted by molar-refractivity contribution is 6.02. The van der Waals surface area contributed by atoms with E-state index in [4.69, 9.17) is 4.74 Å². The second-order valence-electron chi connectivity index (χ2n) is 8.53. The molecule has 0 aromatic heterocycles. The predicted octanol–water partition coefficient (Wildman–Crippen LogP) is 2.89. The molecule has 1 saturated heterocycles. The average molecular weight is 399 g/mol. The molecule has 3 amide bonds. The Morgan fingerprint density at radius 1 is 1.24 bits per heavy atom. The zero-order valence-electron chi connectivity index (χ0n) is 17.4. The smallest absolute Gasteiger partial charge is 0.410 e. The molecule has 2 aliphatic rings. The first-order valence-corrected chi connectivity index (χ1v) is 10.0. The SMILES string of the molecule is C=CC(=O)N1CCCc2cc(C(=O)NC3CCN(C(=O)OC(C)(C)C)C3)ccc21. The van der Waals surface area contributed by atoms with Crippen LogP contribution in [0.25, 0.3) is 0 Å². The summed E-state index contributed by atoms with van der Waals surface area (Å²) in [5, 5.41) is 3.01. The highest BCUT2D eigenvalue weighted by atomic mass is 16.6. The van der Waals surface area contributed by atoms with Gasteiger partial charge in [0.2, 0.25) is 5.91 Å². The van der Waals surface area contributed by atoms with E-state index in [9.17, 15) is 14.4 Å². The summed E-state index contributed by atoms with van der Waals surface area (Å²) in [6.07, 6.45) is 3.33. The lowest BCUT2D eigenvalue weighted by Gasteiger charge is -2.29. The van der Waals surface area contributed by atoms with Gasteiger partial charge in [-0.2, -0.15) is 0 Å². The maximum Gasteiger partial charge on any atom is 0.410 e. The number of hydrogen-bond donors (Lipinski definition) is 1. The fourth-order valence-corrected chi connectivity index (χ4v) is 3.72. The quantitative estimate of drug-likeness (QED) is 0.793. The molecule has 0 spiro atoms. The van der Waals surface area contributed by atoms with Crippen LogP contribution in [0.3, 0.4) is 0 Å². The monoisotopic (exact) mass is 399 g/mol. The van der Waals surface area contributed by atoms with E-state index in [2.05, 4.69) is 11.9 Å². The highest BCUT2D eigenvalue weighted by Gasteiger charge is 2.31. The third-order valence-corrected chi connectivity index (χ3v) is 5.08. The summed E-state index contributed by atoms with van der Waals surface area (Å²) in [5.74, 6) is -0.299. The van der Waals surface area contributed by atoms with Gasteiger partial charge in [-0.05, 0) is 69.9 Å². The Morgan fingerprint density at radius 2 is 2.00 bits per heavy atom. The molecule has 156 valence electrons. The number of carbonyl (C=O) groups is 3. The lowest BCUT2D eigenvalue weighted by molar-refractivity contribution is -0.114. The molecular formula is C22H29N3O4. The van der Waals surface area contributed by atoms with Crippen LogP contribution in [0.4, 0.5) is 10.5 Å². The summed E-state index contributed by atoms with van der Waals surface area (Å²) in [4.78, 5) is 40.3. The first-order chi connectivity index (χ1) is 13.7. The number of fused-ring (bicyclic) bond motifs is 1. The Morgan fingerprint density at radius 3 is 2.69 bits per heavy atom. The van der Waals surface area contributed by atoms with E-state index >= 15 is 0 Å². The van der Waals surface area contributed by atoms with E-state index in [0.717, 1.165) is 24.1 Å². The minimum absolute atomic E-state index is 0.107. The minimum Gasteiger partial charge on any atom is -0.444 e. The highest BCUT2D eigenvalue weighted by Crippen LogP contribution is 2.28. The Hall–Kier alpha value is -2.83. The molecule has 2 aliphatic heterocycles. The number of hydrogen-bond acceptors (Lipinski definition) is 4. The van der Waals surface area contributed by atoms with Gasteiger partial charge in [0, 0.05) is 36.9 Å². The standard InChI is InChI=1S/C22H29N3O4/c1-5-19(26)25-11-6-7-15-13-16(8-9-18(15)25)20(27)23-17-10-12-24(14-17)21(28)29-22(2,3)4/h5,8-9,13,17H,1,6-7,10-12,14H2,2-4H3,(H,23,27). The van der Waals surface area contributed by atoms with Gasteiger partial charge >= 0.3 is 6.09 Å². The van der Waals surface area contributed by atoms with E-state index in [1.807, 2.05) is 32.9 Å². The van der Waals surface area contributed by atoms with E-state index < -0.39 is 5.60 Å². The first kappa shape index (κ1) is 20.9. The summed E-state index contributed by atoms with van der Waals surface area (Å²) in [5.41, 5.74) is 1.85. The fourth-order valence-electron chi connectivity index (χ4n) is 3.72. The number of likely N-dealkylation sites (tertiary alicyclic amines) is 1. The number of amides is 3. The molecule has 29 heavy (non-hydrogen) atoms. The number of benzene rings is 1. The summed E-state index contributed by atoms with van der Waals surface area (Å²) in [6, 6.07) is 5.31. The van der Waals surface area contributed by atoms with E-state index in [1.165, 1.54) is 6.08 Å². The largest absolute Gasteiger partial charge is 0.444 e. The van der Waals surface area contributed by atoms with E-state index in [1.54, 1.807) is 15.9 Å². The number of aryl methyl sites for hydroxylation is 1. The van der Waals surface area contributed by atoms with Crippen LogP contribution in [0, 0.1) is 0 Å². The Kier molecular flexibility index (Phi) is 5.96. The van der Waals surface area contributed by atoms with Gasteiger partial charge in [0.15, 0.2) is 0 Å². The Balaban J connectivity index is 1.63. The van der Waals surface area contributed by atoms with Crippen molar-refractivity contribution in [3.05, 3.63) is 42.0 Å². The molecule has 1 atom stereocenters. The van der Waals surface area contributed by atoms with Crippen molar-refractivity contribution in [2.45, 2.75) is 51.7 Å². The van der Waals surface area contributed by atoms with Gasteiger partial charge in [0.05, 0.1) is 0 Å². The molecule has 0 saturated carbocycles. The van der Waals surface area contributed by atoms with Crippen molar-refractivity contribution in [2.24, 2.45) is 0 Å². The third kappa shape index (κ3) is 4.96. The van der Waals surface area contributed by atoms with Gasteiger partial charge in [-0.1, -0.05) is 6.58 Å². The lowest BCUT2D eigenvalue weighted by atomic mass is 9.98. The number of rotatable bonds is 3. The molecule has 7 nitrogen and oxygen atoms in total. The van der Waals surface area contributed by atoms with Crippen LogP contribution in [0.15, 0.2) is 30.9 Å². The molecule has 0 bridgehead atoms. The molecule has 1 aromatic carbocycles. The van der Waals surface area contributed by atoms with Crippen LogP contribution >= 0.6 is 0 Å². The number of ether oxygens (including phenoxy) is 1. The summed E-state index contributed by atoms with van der Waals surface area (Å²) in [6.45, 7) is 10.7. The van der Waals surface area contributed by atoms with E-state index in [-0.39, 0.29) is 23.9 Å². The van der Waals surface area contributed by atoms with Gasteiger partial charge in [0.25, 0.3) is 5.91 Å². The second kappa shape index (κ2) is 8.27. The van der Waals surface area contributed by atoms with Crippen molar-refractivity contribution in [3.63, 3.8) is 0 Å². The zero-order valence-corrected chi connectivity index (χ0v) is 17.4. The maximum atomic E-state index is 12.7. The summed E-state index contributed by atoms with van der Waals surface area (Å²) >= 11 is 0. The van der Waals surface area contributed by atoms with Crippen LogP contribution in [0.5, 0.6) is 0 Å². The third-order valence-electron chi connectivity index (χ3n) is 5.08. The van der Waals surface area contributed by atoms with Crippen molar-refractivity contribution >= 4 is 23.6 Å². The lowest BCUT2D eigenvalue weighted by Crippen LogP contribution is -2.40. The normalized spacial score (nSPS) is 18.8. The molecule has 7 heteroatoms. The van der Waals surface area contributed by atoms with Crippen LogP contribution in [-0.2, 0) is 16.0 Å². The Labute approximate surface area is 171 Å². The van der Waals surface area contributed by atoms with Gasteiger partial charge in [0.1, 0.15) is 5.60 Å². The summed E-state index contributed by atoms with van der Waals surface area (Å²) in [7, 11) is 0. The molecular weight excluding hydrogens is 370 g/mol. The fraction of sp³-hybridized carbons (Fsp3) is 0.500. The van der Waals surface area contributed by atoms with Crippen molar-refractivity contribution in [1.29, 1.82) is 0 Å². The van der Waals surface area contributed by atoms with Crippen molar-refractivity contribution < 1.29 is 19.1 Å². The first-order valence-electron chi connectivity index (χ1n) is 10.0. The van der Waals surface area contributed by atoms with E-state index in [0.29, 0.717) is 31.6 Å². The molecule has 1 unspecified atom stereocenters. The zero-order chi connectivity index (χ0) is 21.2. The van der Waals surface area contributed by atoms with Gasteiger partial charge in [-0.25, -0.2) is 4.79 Å². The van der Waals surface area contributed by atoms with Crippen molar-refractivity contribution in [3.8, 4) is 0 Å². The van der Waals surface area contributed by atoms with Gasteiger partial charge in [-0.15, -0.1) is 0 Å². The molecule has 3 rings (SSSR count). The number of anilines is 1. The molecule has 2 heterocycles. The predicted molar refractivity (Wildman–Crippen MR) is 111 cm³/mol. The number of nitrogens with zero attached hydrogens (tertiary/aromatic N) is 2. The van der Waals surface area contributed by atoms with Crippen LogP contribution in [0.2, 0.25) is 0 Å². The molecule has 1 N–H and O–H groups in total. The van der Waals surface area contributed by atoms with Crippen LogP contribution in [-0.4, -0.2) is 54.1 Å². The minimum atomic E-state index is -0.539. The molecule has 1 fully saturated rings. The topological polar surface area (TPSA) is 79.0 Å². The molecule has 1 aromatic rings. The van der Waals surface area contributed by atoms with Crippen LogP contribution < -0.4 is 10.2 Å².